The van der Waals surface area contributed by atoms with Crippen LogP contribution in [-0.4, -0.2) is 4.98 Å². The number of rotatable bonds is 0. The molecule has 0 saturated carbocycles. The summed E-state index contributed by atoms with van der Waals surface area (Å²) >= 11 is 2.41. The number of hydrogen-bond acceptors (Lipinski definition) is 0. The number of aryl methyl sites for hydroxylation is 1. The molecule has 0 bridgehead atoms. The molecule has 2 aromatic carbocycles. The lowest BCUT2D eigenvalue weighted by Gasteiger charge is -1.97. The van der Waals surface area contributed by atoms with Crippen LogP contribution in [0.5, 0.6) is 0 Å². The second kappa shape index (κ2) is 3.23. The van der Waals surface area contributed by atoms with Crippen molar-refractivity contribution in [1.82, 2.24) is 4.98 Å². The summed E-state index contributed by atoms with van der Waals surface area (Å²) in [5.74, 6) is 0. The smallest absolute Gasteiger partial charge is 0.0478 e. The number of hydrogen-bond donors (Lipinski definition) is 1. The van der Waals surface area contributed by atoms with Crippen molar-refractivity contribution >= 4 is 44.4 Å². The van der Waals surface area contributed by atoms with Gasteiger partial charge in [0.1, 0.15) is 0 Å². The van der Waals surface area contributed by atoms with Crippen LogP contribution < -0.4 is 0 Å². The van der Waals surface area contributed by atoms with Gasteiger partial charge in [0.25, 0.3) is 0 Å². The van der Waals surface area contributed by atoms with Gasteiger partial charge in [0, 0.05) is 25.4 Å². The number of aromatic nitrogens is 1. The summed E-state index contributed by atoms with van der Waals surface area (Å²) in [5, 5.41) is 2.66. The molecule has 0 aliphatic heterocycles. The second-order valence-corrected chi connectivity index (χ2v) is 5.00. The van der Waals surface area contributed by atoms with Crippen molar-refractivity contribution in [2.45, 2.75) is 6.92 Å². The van der Waals surface area contributed by atoms with Crippen LogP contribution in [0, 0.1) is 10.5 Å². The summed E-state index contributed by atoms with van der Waals surface area (Å²) < 4.78 is 1.32. The summed E-state index contributed by atoms with van der Waals surface area (Å²) in [5.41, 5.74) is 3.76. The number of nitrogens with one attached hydrogen (secondary N) is 1. The summed E-state index contributed by atoms with van der Waals surface area (Å²) in [6.07, 6.45) is 0. The maximum absolute atomic E-state index is 3.45. The molecule has 0 fully saturated rings. The number of fused-ring (bicyclic) bond motifs is 3. The van der Waals surface area contributed by atoms with Crippen molar-refractivity contribution in [1.29, 1.82) is 0 Å². The average Bonchev–Trinajstić information content (AvgIpc) is 2.54. The molecular formula is C13H10IN. The molecule has 1 aromatic heterocycles. The molecule has 0 amide bonds. The zero-order valence-corrected chi connectivity index (χ0v) is 10.5. The lowest BCUT2D eigenvalue weighted by molar-refractivity contribution is 1.46. The molecular weight excluding hydrogens is 297 g/mol. The number of H-pyrrole nitrogens is 1. The van der Waals surface area contributed by atoms with E-state index in [1.807, 2.05) is 0 Å². The molecule has 15 heavy (non-hydrogen) atoms. The van der Waals surface area contributed by atoms with Gasteiger partial charge < -0.3 is 4.98 Å². The van der Waals surface area contributed by atoms with E-state index in [0.717, 1.165) is 0 Å². The average molecular weight is 307 g/mol. The van der Waals surface area contributed by atoms with Gasteiger partial charge >= 0.3 is 0 Å². The fourth-order valence-electron chi connectivity index (χ4n) is 2.07. The van der Waals surface area contributed by atoms with Gasteiger partial charge in [-0.05, 0) is 53.3 Å². The molecule has 0 saturated heterocycles. The van der Waals surface area contributed by atoms with Gasteiger partial charge in [-0.2, -0.15) is 0 Å². The van der Waals surface area contributed by atoms with E-state index < -0.39 is 0 Å². The first kappa shape index (κ1) is 9.21. The first-order valence-electron chi connectivity index (χ1n) is 4.92. The van der Waals surface area contributed by atoms with E-state index in [4.69, 9.17) is 0 Å². The molecule has 1 nitrogen and oxygen atoms in total. The Morgan fingerprint density at radius 1 is 1.07 bits per heavy atom. The molecule has 74 valence electrons. The van der Waals surface area contributed by atoms with E-state index in [1.54, 1.807) is 0 Å². The molecule has 1 heterocycles. The summed E-state index contributed by atoms with van der Waals surface area (Å²) in [7, 11) is 0. The van der Waals surface area contributed by atoms with Crippen LogP contribution in [0.15, 0.2) is 36.4 Å². The van der Waals surface area contributed by atoms with Crippen LogP contribution in [0.4, 0.5) is 0 Å². The minimum absolute atomic E-state index is 1.22. The van der Waals surface area contributed by atoms with E-state index >= 15 is 0 Å². The van der Waals surface area contributed by atoms with Crippen LogP contribution in [0.25, 0.3) is 21.8 Å². The quantitative estimate of drug-likeness (QED) is 0.598. The first-order chi connectivity index (χ1) is 7.25. The lowest BCUT2D eigenvalue weighted by Crippen LogP contribution is -1.77. The van der Waals surface area contributed by atoms with Gasteiger partial charge in [0.15, 0.2) is 0 Å². The van der Waals surface area contributed by atoms with Crippen molar-refractivity contribution in [2.75, 3.05) is 0 Å². The van der Waals surface area contributed by atoms with E-state index in [-0.39, 0.29) is 0 Å². The van der Waals surface area contributed by atoms with Crippen molar-refractivity contribution in [3.05, 3.63) is 45.5 Å². The van der Waals surface area contributed by atoms with Crippen molar-refractivity contribution in [2.24, 2.45) is 0 Å². The van der Waals surface area contributed by atoms with Crippen LogP contribution in [0.3, 0.4) is 0 Å². The molecule has 3 rings (SSSR count). The standard InChI is InChI=1S/C13H10IN/c1-8-6-10(14)13-9-4-2-3-5-11(9)15-12(13)7-8/h2-7,15H,1H3. The molecule has 0 aliphatic rings. The fraction of sp³-hybridized carbons (Fsp3) is 0.0769. The molecule has 1 N–H and O–H groups in total. The molecule has 0 atom stereocenters. The summed E-state index contributed by atoms with van der Waals surface area (Å²) in [6.45, 7) is 2.13. The third-order valence-electron chi connectivity index (χ3n) is 2.70. The number of halogens is 1. The van der Waals surface area contributed by atoms with Crippen molar-refractivity contribution < 1.29 is 0 Å². The van der Waals surface area contributed by atoms with Crippen LogP contribution >= 0.6 is 22.6 Å². The molecule has 0 radical (unpaired) electrons. The predicted molar refractivity (Wildman–Crippen MR) is 73.3 cm³/mol. The topological polar surface area (TPSA) is 15.8 Å². The lowest BCUT2D eigenvalue weighted by atomic mass is 10.1. The highest BCUT2D eigenvalue weighted by Gasteiger charge is 2.06. The van der Waals surface area contributed by atoms with Gasteiger partial charge in [-0.15, -0.1) is 0 Å². The van der Waals surface area contributed by atoms with E-state index in [1.165, 1.54) is 30.9 Å². The van der Waals surface area contributed by atoms with E-state index in [9.17, 15) is 0 Å². The Morgan fingerprint density at radius 2 is 1.87 bits per heavy atom. The Morgan fingerprint density at radius 3 is 2.73 bits per heavy atom. The Bertz CT molecular complexity index is 652. The van der Waals surface area contributed by atoms with Crippen LogP contribution in [0.2, 0.25) is 0 Å². The Balaban J connectivity index is 2.61. The van der Waals surface area contributed by atoms with Gasteiger partial charge in [-0.1, -0.05) is 18.2 Å². The highest BCUT2D eigenvalue weighted by Crippen LogP contribution is 2.30. The fourth-order valence-corrected chi connectivity index (χ4v) is 3.14. The molecule has 2 heteroatoms. The maximum Gasteiger partial charge on any atom is 0.0478 e. The molecule has 0 aliphatic carbocycles. The van der Waals surface area contributed by atoms with E-state index in [2.05, 4.69) is 70.9 Å². The largest absolute Gasteiger partial charge is 0.354 e. The summed E-state index contributed by atoms with van der Waals surface area (Å²) in [4.78, 5) is 3.45. The third-order valence-corrected chi connectivity index (χ3v) is 3.55. The van der Waals surface area contributed by atoms with Crippen molar-refractivity contribution in [3.63, 3.8) is 0 Å². The molecule has 0 spiro atoms. The zero-order valence-electron chi connectivity index (χ0n) is 8.34. The molecule has 0 unspecified atom stereocenters. The SMILES string of the molecule is Cc1cc(I)c2c(c1)[nH]c1ccccc12. The number of para-hydroxylation sites is 1. The monoisotopic (exact) mass is 307 g/mol. The zero-order chi connectivity index (χ0) is 10.4. The minimum Gasteiger partial charge on any atom is -0.354 e. The molecule has 3 aromatic rings. The van der Waals surface area contributed by atoms with Gasteiger partial charge in [-0.3, -0.25) is 0 Å². The van der Waals surface area contributed by atoms with Crippen LogP contribution in [-0.2, 0) is 0 Å². The highest BCUT2D eigenvalue weighted by molar-refractivity contribution is 14.1. The number of aromatic amines is 1. The predicted octanol–water partition coefficient (Wildman–Crippen LogP) is 4.23. The Kier molecular flexibility index (Phi) is 1.99. The first-order valence-corrected chi connectivity index (χ1v) is 6.00. The minimum atomic E-state index is 1.22. The maximum atomic E-state index is 3.45. The highest BCUT2D eigenvalue weighted by atomic mass is 127. The summed E-state index contributed by atoms with van der Waals surface area (Å²) in [6, 6.07) is 12.9. The Labute approximate surface area is 102 Å². The normalized spacial score (nSPS) is 11.3. The van der Waals surface area contributed by atoms with Gasteiger partial charge in [0.2, 0.25) is 0 Å². The van der Waals surface area contributed by atoms with Gasteiger partial charge in [0.05, 0.1) is 0 Å². The van der Waals surface area contributed by atoms with E-state index in [0.29, 0.717) is 0 Å². The van der Waals surface area contributed by atoms with Crippen LogP contribution in [0.1, 0.15) is 5.56 Å². The number of benzene rings is 2. The van der Waals surface area contributed by atoms with Gasteiger partial charge in [-0.25, -0.2) is 0 Å². The Hall–Kier alpha value is -1.03. The van der Waals surface area contributed by atoms with Crippen molar-refractivity contribution in [3.8, 4) is 0 Å². The third kappa shape index (κ3) is 1.35. The second-order valence-electron chi connectivity index (χ2n) is 3.84.